The van der Waals surface area contributed by atoms with Crippen molar-refractivity contribution in [3.05, 3.63) is 100 Å². The molecule has 0 aliphatic carbocycles. The maximum Gasteiger partial charge on any atom is 0.293 e. The molecule has 1 aromatic heterocycles. The second-order valence-corrected chi connectivity index (χ2v) is 5.79. The lowest BCUT2D eigenvalue weighted by molar-refractivity contribution is -0.114. The summed E-state index contributed by atoms with van der Waals surface area (Å²) in [5, 5.41) is 9.93. The highest BCUT2D eigenvalue weighted by Crippen LogP contribution is 2.13. The zero-order chi connectivity index (χ0) is 18.4. The lowest BCUT2D eigenvalue weighted by atomic mass is 10.1. The average molecular weight is 346 g/mol. The minimum Gasteiger partial charge on any atom is -0.295 e. The minimum absolute atomic E-state index is 0.0244. The van der Waals surface area contributed by atoms with Crippen LogP contribution < -0.4 is 5.56 Å². The highest BCUT2D eigenvalue weighted by atomic mass is 16.2. The largest absolute Gasteiger partial charge is 0.295 e. The Bertz CT molecular complexity index is 999. The zero-order valence-corrected chi connectivity index (χ0v) is 14.3. The molecule has 1 N–H and O–H groups in total. The van der Waals surface area contributed by atoms with E-state index in [4.69, 9.17) is 0 Å². The summed E-state index contributed by atoms with van der Waals surface area (Å²) in [4.78, 5) is 22.4. The number of azo groups is 1. The Morgan fingerprint density at radius 1 is 0.962 bits per heavy atom. The van der Waals surface area contributed by atoms with Crippen molar-refractivity contribution in [1.29, 1.82) is 0 Å². The Morgan fingerprint density at radius 2 is 1.62 bits per heavy atom. The SMILES string of the molecule is Cc1cc(=O)n(-c2ccccc2)[nH]1.O=C1N=NC=C1Cc1ccccc1. The molecule has 1 aliphatic heterocycles. The minimum atomic E-state index is -0.219. The number of aromatic amines is 1. The fourth-order valence-corrected chi connectivity index (χ4v) is 2.49. The van der Waals surface area contributed by atoms with Crippen LogP contribution in [0.1, 0.15) is 11.3 Å². The average Bonchev–Trinajstić information content (AvgIpc) is 3.22. The Hall–Kier alpha value is -3.54. The summed E-state index contributed by atoms with van der Waals surface area (Å²) in [6.45, 7) is 1.86. The van der Waals surface area contributed by atoms with Gasteiger partial charge in [-0.15, -0.1) is 5.11 Å². The van der Waals surface area contributed by atoms with E-state index in [0.29, 0.717) is 12.0 Å². The van der Waals surface area contributed by atoms with Crippen LogP contribution in [0, 0.1) is 6.92 Å². The second kappa shape index (κ2) is 8.02. The molecular weight excluding hydrogens is 328 g/mol. The van der Waals surface area contributed by atoms with E-state index in [-0.39, 0.29) is 11.5 Å². The summed E-state index contributed by atoms with van der Waals surface area (Å²) in [7, 11) is 0. The van der Waals surface area contributed by atoms with Crippen molar-refractivity contribution < 1.29 is 4.79 Å². The molecule has 1 aliphatic rings. The number of nitrogens with zero attached hydrogens (tertiary/aromatic N) is 3. The van der Waals surface area contributed by atoms with Crippen LogP contribution in [0.4, 0.5) is 0 Å². The van der Waals surface area contributed by atoms with Crippen molar-refractivity contribution in [2.24, 2.45) is 10.2 Å². The van der Waals surface area contributed by atoms with Gasteiger partial charge in [-0.2, -0.15) is 5.11 Å². The van der Waals surface area contributed by atoms with E-state index in [0.717, 1.165) is 16.9 Å². The Labute approximate surface area is 150 Å². The normalized spacial score (nSPS) is 12.5. The van der Waals surface area contributed by atoms with Gasteiger partial charge in [-0.05, 0) is 24.6 Å². The Kier molecular flexibility index (Phi) is 5.34. The number of aryl methyl sites for hydroxylation is 1. The third kappa shape index (κ3) is 4.30. The lowest BCUT2D eigenvalue weighted by Crippen LogP contribution is -2.12. The van der Waals surface area contributed by atoms with E-state index in [1.165, 1.54) is 10.9 Å². The molecule has 0 unspecified atom stereocenters. The molecule has 6 heteroatoms. The number of nitrogens with one attached hydrogen (secondary N) is 1. The number of carbonyl (C=O) groups is 1. The highest BCUT2D eigenvalue weighted by molar-refractivity contribution is 5.95. The van der Waals surface area contributed by atoms with Gasteiger partial charge >= 0.3 is 0 Å². The molecule has 1 amide bonds. The number of carbonyl (C=O) groups excluding carboxylic acids is 1. The number of benzene rings is 2. The maximum absolute atomic E-state index is 11.4. The maximum atomic E-state index is 11.4. The van der Waals surface area contributed by atoms with Gasteiger partial charge in [0.05, 0.1) is 11.9 Å². The summed E-state index contributed by atoms with van der Waals surface area (Å²) in [5.74, 6) is -0.219. The van der Waals surface area contributed by atoms with Gasteiger partial charge in [0, 0.05) is 23.8 Å². The molecule has 2 heterocycles. The molecule has 3 aromatic rings. The number of H-pyrrole nitrogens is 1. The van der Waals surface area contributed by atoms with E-state index in [1.807, 2.05) is 67.6 Å². The standard InChI is InChI=1S/C10H10N2O.C10H8N2O/c1-8-7-10(13)12(11-8)9-5-3-2-4-6-9;13-10-9(7-11-12-10)6-8-4-2-1-3-5-8/h2-7,11H,1H3;1-5,7H,6H2. The van der Waals surface area contributed by atoms with Crippen molar-refractivity contribution in [1.82, 2.24) is 9.78 Å². The molecular formula is C20H18N4O2. The number of amides is 1. The van der Waals surface area contributed by atoms with Crippen LogP contribution in [0.15, 0.2) is 93.5 Å². The monoisotopic (exact) mass is 346 g/mol. The molecule has 130 valence electrons. The topological polar surface area (TPSA) is 79.6 Å². The Morgan fingerprint density at radius 3 is 2.15 bits per heavy atom. The fraction of sp³-hybridized carbons (Fsp3) is 0.100. The molecule has 0 radical (unpaired) electrons. The molecule has 0 spiro atoms. The van der Waals surface area contributed by atoms with Gasteiger partial charge in [-0.1, -0.05) is 48.5 Å². The molecule has 2 aromatic carbocycles. The van der Waals surface area contributed by atoms with Gasteiger partial charge < -0.3 is 0 Å². The summed E-state index contributed by atoms with van der Waals surface area (Å²) >= 11 is 0. The van der Waals surface area contributed by atoms with Gasteiger partial charge in [0.2, 0.25) is 0 Å². The van der Waals surface area contributed by atoms with Crippen LogP contribution in [0.3, 0.4) is 0 Å². The van der Waals surface area contributed by atoms with E-state index < -0.39 is 0 Å². The molecule has 0 saturated carbocycles. The number of aromatic nitrogens is 2. The summed E-state index contributed by atoms with van der Waals surface area (Å²) in [6, 6.07) is 20.9. The van der Waals surface area contributed by atoms with Gasteiger partial charge in [-0.25, -0.2) is 4.68 Å². The number of hydrogen-bond donors (Lipinski definition) is 1. The van der Waals surface area contributed by atoms with Gasteiger partial charge in [0.1, 0.15) is 0 Å². The van der Waals surface area contributed by atoms with Crippen molar-refractivity contribution >= 4 is 5.91 Å². The number of para-hydroxylation sites is 1. The van der Waals surface area contributed by atoms with Gasteiger partial charge in [0.15, 0.2) is 0 Å². The van der Waals surface area contributed by atoms with Crippen LogP contribution in [0.2, 0.25) is 0 Å². The first kappa shape index (κ1) is 17.3. The smallest absolute Gasteiger partial charge is 0.293 e. The molecule has 6 nitrogen and oxygen atoms in total. The molecule has 0 atom stereocenters. The summed E-state index contributed by atoms with van der Waals surface area (Å²) in [5.41, 5.74) is 3.47. The van der Waals surface area contributed by atoms with Crippen molar-refractivity contribution in [3.8, 4) is 5.69 Å². The number of rotatable bonds is 3. The van der Waals surface area contributed by atoms with E-state index in [1.54, 1.807) is 6.07 Å². The predicted molar refractivity (Wildman–Crippen MR) is 99.2 cm³/mol. The molecule has 0 saturated heterocycles. The zero-order valence-electron chi connectivity index (χ0n) is 14.3. The summed E-state index contributed by atoms with van der Waals surface area (Å²) < 4.78 is 1.52. The van der Waals surface area contributed by atoms with E-state index in [9.17, 15) is 9.59 Å². The van der Waals surface area contributed by atoms with Gasteiger partial charge in [-0.3, -0.25) is 14.7 Å². The van der Waals surface area contributed by atoms with Crippen LogP contribution >= 0.6 is 0 Å². The first-order valence-corrected chi connectivity index (χ1v) is 8.16. The Balaban J connectivity index is 0.000000151. The van der Waals surface area contributed by atoms with Crippen molar-refractivity contribution in [3.63, 3.8) is 0 Å². The predicted octanol–water partition coefficient (Wildman–Crippen LogP) is 3.58. The molecule has 0 bridgehead atoms. The molecule has 0 fully saturated rings. The van der Waals surface area contributed by atoms with Crippen LogP contribution in [0.25, 0.3) is 5.69 Å². The quantitative estimate of drug-likeness (QED) is 0.786. The van der Waals surface area contributed by atoms with Crippen LogP contribution in [-0.4, -0.2) is 15.7 Å². The van der Waals surface area contributed by atoms with Gasteiger partial charge in [0.25, 0.3) is 11.5 Å². The first-order valence-electron chi connectivity index (χ1n) is 8.16. The molecule has 4 rings (SSSR count). The fourth-order valence-electron chi connectivity index (χ4n) is 2.49. The van der Waals surface area contributed by atoms with E-state index >= 15 is 0 Å². The van der Waals surface area contributed by atoms with Crippen LogP contribution in [0.5, 0.6) is 0 Å². The van der Waals surface area contributed by atoms with Crippen molar-refractivity contribution in [2.45, 2.75) is 13.3 Å². The number of hydrogen-bond acceptors (Lipinski definition) is 3. The first-order chi connectivity index (χ1) is 12.6. The molecule has 26 heavy (non-hydrogen) atoms. The summed E-state index contributed by atoms with van der Waals surface area (Å²) in [6.07, 6.45) is 2.14. The highest BCUT2D eigenvalue weighted by Gasteiger charge is 2.12. The lowest BCUT2D eigenvalue weighted by Gasteiger charge is -1.99. The second-order valence-electron chi connectivity index (χ2n) is 5.79. The third-order valence-electron chi connectivity index (χ3n) is 3.74. The van der Waals surface area contributed by atoms with Crippen LogP contribution in [-0.2, 0) is 11.2 Å². The van der Waals surface area contributed by atoms with E-state index in [2.05, 4.69) is 15.3 Å². The van der Waals surface area contributed by atoms with Crippen molar-refractivity contribution in [2.75, 3.05) is 0 Å². The third-order valence-corrected chi connectivity index (χ3v) is 3.74.